The van der Waals surface area contributed by atoms with Crippen LogP contribution in [-0.4, -0.2) is 29.5 Å². The van der Waals surface area contributed by atoms with Crippen LogP contribution in [0.1, 0.15) is 59.3 Å². The highest BCUT2D eigenvalue weighted by atomic mass is 32.2. The van der Waals surface area contributed by atoms with Gasteiger partial charge >= 0.3 is 0 Å². The van der Waals surface area contributed by atoms with Gasteiger partial charge < -0.3 is 11.1 Å². The molecule has 1 aliphatic rings. The molecular weight excluding hydrogens is 268 g/mol. The van der Waals surface area contributed by atoms with Gasteiger partial charge in [0.05, 0.1) is 0 Å². The van der Waals surface area contributed by atoms with Crippen molar-refractivity contribution >= 4 is 17.7 Å². The number of thioether (sulfide) groups is 1. The van der Waals surface area contributed by atoms with Gasteiger partial charge in [-0.1, -0.05) is 27.2 Å². The van der Waals surface area contributed by atoms with Gasteiger partial charge in [0.25, 0.3) is 0 Å². The molecule has 0 aliphatic heterocycles. The molecule has 3 N–H and O–H groups in total. The molecule has 0 radical (unpaired) electrons. The number of rotatable bonds is 10. The van der Waals surface area contributed by atoms with Crippen LogP contribution in [0.15, 0.2) is 0 Å². The first-order chi connectivity index (χ1) is 9.53. The summed E-state index contributed by atoms with van der Waals surface area (Å²) in [4.78, 5) is 12.0. The van der Waals surface area contributed by atoms with Crippen molar-refractivity contribution in [1.82, 2.24) is 5.32 Å². The number of hydrogen-bond acceptors (Lipinski definition) is 3. The first-order valence-corrected chi connectivity index (χ1v) is 9.31. The smallest absolute Gasteiger partial charge is 0.238 e. The average Bonchev–Trinajstić information content (AvgIpc) is 2.80. The fourth-order valence-electron chi connectivity index (χ4n) is 3.11. The quantitative estimate of drug-likeness (QED) is 0.609. The Hall–Kier alpha value is -0.220. The van der Waals surface area contributed by atoms with Gasteiger partial charge in [-0.05, 0) is 62.0 Å². The third kappa shape index (κ3) is 4.96. The van der Waals surface area contributed by atoms with Gasteiger partial charge in [0.2, 0.25) is 5.91 Å². The van der Waals surface area contributed by atoms with Crippen LogP contribution in [0.4, 0.5) is 0 Å². The summed E-state index contributed by atoms with van der Waals surface area (Å²) >= 11 is 2.02. The number of amides is 1. The SMILES string of the molecule is CCCNC1(C(N)=O)CCCC1CCSCCC(C)C. The summed E-state index contributed by atoms with van der Waals surface area (Å²) < 4.78 is 0. The van der Waals surface area contributed by atoms with E-state index in [1.807, 2.05) is 11.8 Å². The number of hydrogen-bond donors (Lipinski definition) is 2. The second-order valence-electron chi connectivity index (χ2n) is 6.44. The van der Waals surface area contributed by atoms with Gasteiger partial charge in [-0.2, -0.15) is 11.8 Å². The van der Waals surface area contributed by atoms with E-state index in [4.69, 9.17) is 5.73 Å². The Morgan fingerprint density at radius 1 is 1.45 bits per heavy atom. The molecule has 0 spiro atoms. The molecule has 4 heteroatoms. The van der Waals surface area contributed by atoms with Gasteiger partial charge in [0, 0.05) is 0 Å². The summed E-state index contributed by atoms with van der Waals surface area (Å²) in [5.74, 6) is 3.46. The highest BCUT2D eigenvalue weighted by Crippen LogP contribution is 2.38. The van der Waals surface area contributed by atoms with Crippen LogP contribution in [0, 0.1) is 11.8 Å². The van der Waals surface area contributed by atoms with E-state index in [0.717, 1.165) is 50.3 Å². The zero-order chi connectivity index (χ0) is 15.0. The first kappa shape index (κ1) is 17.8. The van der Waals surface area contributed by atoms with Crippen molar-refractivity contribution in [3.05, 3.63) is 0 Å². The van der Waals surface area contributed by atoms with Crippen molar-refractivity contribution in [2.45, 2.75) is 64.8 Å². The highest BCUT2D eigenvalue weighted by molar-refractivity contribution is 7.99. The maximum absolute atomic E-state index is 12.0. The molecule has 1 fully saturated rings. The fourth-order valence-corrected chi connectivity index (χ4v) is 4.40. The predicted molar refractivity (Wildman–Crippen MR) is 89.0 cm³/mol. The van der Waals surface area contributed by atoms with E-state index in [2.05, 4.69) is 26.1 Å². The Morgan fingerprint density at radius 3 is 2.80 bits per heavy atom. The molecular formula is C16H32N2OS. The standard InChI is InChI=1S/C16H32N2OS/c1-4-10-18-16(15(17)19)9-5-6-14(16)8-12-20-11-7-13(2)3/h13-14,18H,4-12H2,1-3H3,(H2,17,19). The minimum absolute atomic E-state index is 0.138. The van der Waals surface area contributed by atoms with E-state index in [9.17, 15) is 4.79 Å². The first-order valence-electron chi connectivity index (χ1n) is 8.15. The van der Waals surface area contributed by atoms with E-state index >= 15 is 0 Å². The van der Waals surface area contributed by atoms with Crippen molar-refractivity contribution in [1.29, 1.82) is 0 Å². The maximum Gasteiger partial charge on any atom is 0.238 e. The lowest BCUT2D eigenvalue weighted by Gasteiger charge is -2.33. The Morgan fingerprint density at radius 2 is 2.20 bits per heavy atom. The van der Waals surface area contributed by atoms with E-state index in [1.54, 1.807) is 0 Å². The Balaban J connectivity index is 2.43. The predicted octanol–water partition coefficient (Wildman–Crippen LogP) is 3.18. The number of carbonyl (C=O) groups excluding carboxylic acids is 1. The molecule has 118 valence electrons. The van der Waals surface area contributed by atoms with Crippen LogP contribution >= 0.6 is 11.8 Å². The van der Waals surface area contributed by atoms with Crippen LogP contribution in [-0.2, 0) is 4.79 Å². The molecule has 1 amide bonds. The summed E-state index contributed by atoms with van der Waals surface area (Å²) in [7, 11) is 0. The number of carbonyl (C=O) groups is 1. The minimum atomic E-state index is -0.422. The molecule has 2 unspecified atom stereocenters. The van der Waals surface area contributed by atoms with E-state index in [-0.39, 0.29) is 5.91 Å². The molecule has 1 rings (SSSR count). The monoisotopic (exact) mass is 300 g/mol. The molecule has 0 bridgehead atoms. The van der Waals surface area contributed by atoms with Gasteiger partial charge in [0.1, 0.15) is 5.54 Å². The molecule has 0 aromatic rings. The molecule has 0 aromatic carbocycles. The lowest BCUT2D eigenvalue weighted by molar-refractivity contribution is -0.126. The van der Waals surface area contributed by atoms with Gasteiger partial charge in [-0.15, -0.1) is 0 Å². The van der Waals surface area contributed by atoms with Crippen molar-refractivity contribution in [2.24, 2.45) is 17.6 Å². The molecule has 0 aromatic heterocycles. The van der Waals surface area contributed by atoms with Gasteiger partial charge in [-0.3, -0.25) is 4.79 Å². The third-order valence-corrected chi connectivity index (χ3v) is 5.45. The summed E-state index contributed by atoms with van der Waals surface area (Å²) in [5.41, 5.74) is 5.30. The Labute approximate surface area is 128 Å². The zero-order valence-corrected chi connectivity index (χ0v) is 14.2. The minimum Gasteiger partial charge on any atom is -0.368 e. The fraction of sp³-hybridized carbons (Fsp3) is 0.938. The molecule has 0 saturated heterocycles. The van der Waals surface area contributed by atoms with Crippen LogP contribution in [0.3, 0.4) is 0 Å². The lowest BCUT2D eigenvalue weighted by Crippen LogP contribution is -2.58. The van der Waals surface area contributed by atoms with Crippen molar-refractivity contribution in [3.63, 3.8) is 0 Å². The number of primary amides is 1. The van der Waals surface area contributed by atoms with Gasteiger partial charge in [-0.25, -0.2) is 0 Å². The normalized spacial score (nSPS) is 26.3. The van der Waals surface area contributed by atoms with Crippen molar-refractivity contribution < 1.29 is 4.79 Å². The summed E-state index contributed by atoms with van der Waals surface area (Å²) in [6.07, 6.45) is 6.63. The average molecular weight is 301 g/mol. The lowest BCUT2D eigenvalue weighted by atomic mass is 9.84. The topological polar surface area (TPSA) is 55.1 Å². The van der Waals surface area contributed by atoms with E-state index in [1.165, 1.54) is 12.2 Å². The van der Waals surface area contributed by atoms with E-state index in [0.29, 0.717) is 5.92 Å². The molecule has 20 heavy (non-hydrogen) atoms. The molecule has 1 saturated carbocycles. The van der Waals surface area contributed by atoms with Crippen LogP contribution in [0.25, 0.3) is 0 Å². The summed E-state index contributed by atoms with van der Waals surface area (Å²) in [6.45, 7) is 7.56. The highest BCUT2D eigenvalue weighted by Gasteiger charge is 2.46. The van der Waals surface area contributed by atoms with Crippen LogP contribution < -0.4 is 11.1 Å². The number of nitrogens with two attached hydrogens (primary N) is 1. The number of nitrogens with one attached hydrogen (secondary N) is 1. The molecule has 0 heterocycles. The second kappa shape index (κ2) is 8.93. The summed E-state index contributed by atoms with van der Waals surface area (Å²) in [5, 5.41) is 3.47. The van der Waals surface area contributed by atoms with Crippen LogP contribution in [0.5, 0.6) is 0 Å². The Kier molecular flexibility index (Phi) is 7.96. The maximum atomic E-state index is 12.0. The second-order valence-corrected chi connectivity index (χ2v) is 7.66. The van der Waals surface area contributed by atoms with Crippen molar-refractivity contribution in [2.75, 3.05) is 18.1 Å². The van der Waals surface area contributed by atoms with Crippen molar-refractivity contribution in [3.8, 4) is 0 Å². The van der Waals surface area contributed by atoms with Gasteiger partial charge in [0.15, 0.2) is 0 Å². The molecule has 1 aliphatic carbocycles. The largest absolute Gasteiger partial charge is 0.368 e. The summed E-state index contributed by atoms with van der Waals surface area (Å²) in [6, 6.07) is 0. The van der Waals surface area contributed by atoms with Crippen LogP contribution in [0.2, 0.25) is 0 Å². The third-order valence-electron chi connectivity index (χ3n) is 4.40. The van der Waals surface area contributed by atoms with E-state index < -0.39 is 5.54 Å². The molecule has 3 nitrogen and oxygen atoms in total. The Bertz CT molecular complexity index is 296. The molecule has 2 atom stereocenters. The zero-order valence-electron chi connectivity index (χ0n) is 13.4.